The number of halogens is 4. The van der Waals surface area contributed by atoms with E-state index in [1.165, 1.54) is 24.1 Å². The smallest absolute Gasteiger partial charge is 0.354 e. The lowest BCUT2D eigenvalue weighted by atomic mass is 10.2. The number of hydrogen-bond donors (Lipinski definition) is 3. The molecule has 1 unspecified atom stereocenters. The molecule has 3 N–H and O–H groups in total. The molecule has 0 radical (unpaired) electrons. The van der Waals surface area contributed by atoms with E-state index in [1.807, 2.05) is 0 Å². The Balaban J connectivity index is 0.00000338. The second kappa shape index (κ2) is 9.70. The van der Waals surface area contributed by atoms with Gasteiger partial charge in [0.25, 0.3) is 11.8 Å². The number of pyridine rings is 1. The van der Waals surface area contributed by atoms with Crippen LogP contribution in [-0.4, -0.2) is 73.7 Å². The van der Waals surface area contributed by atoms with Gasteiger partial charge in [0.1, 0.15) is 11.7 Å². The summed E-state index contributed by atoms with van der Waals surface area (Å²) in [6.07, 6.45) is -3.28. The van der Waals surface area contributed by atoms with Crippen LogP contribution in [0.5, 0.6) is 0 Å². The standard InChI is InChI=1S/C15H20F3N5O2.ClH/c1-19-14(25)11-3-2-10(8-21-11)13(24)22-9-12(15(16,17)18)23-6-4-20-5-7-23;/h2-3,8,12,20H,4-7,9H2,1H3,(H,19,25)(H,22,24);1H. The zero-order valence-electron chi connectivity index (χ0n) is 14.1. The fourth-order valence-electron chi connectivity index (χ4n) is 2.53. The van der Waals surface area contributed by atoms with Crippen molar-refractivity contribution in [3.63, 3.8) is 0 Å². The summed E-state index contributed by atoms with van der Waals surface area (Å²) in [6.45, 7) is 0.946. The molecule has 1 aliphatic rings. The van der Waals surface area contributed by atoms with Gasteiger partial charge >= 0.3 is 6.18 Å². The molecule has 2 amide bonds. The molecular formula is C15H21ClF3N5O2. The largest absolute Gasteiger partial charge is 0.405 e. The number of alkyl halides is 3. The second-order valence-electron chi connectivity index (χ2n) is 5.56. The van der Waals surface area contributed by atoms with Crippen LogP contribution in [0, 0.1) is 0 Å². The van der Waals surface area contributed by atoms with Gasteiger partial charge in [0, 0.05) is 46.0 Å². The van der Waals surface area contributed by atoms with E-state index in [9.17, 15) is 22.8 Å². The lowest BCUT2D eigenvalue weighted by Crippen LogP contribution is -2.57. The lowest BCUT2D eigenvalue weighted by molar-refractivity contribution is -0.183. The van der Waals surface area contributed by atoms with Gasteiger partial charge in [-0.25, -0.2) is 0 Å². The molecule has 0 spiro atoms. The minimum absolute atomic E-state index is 0. The van der Waals surface area contributed by atoms with Crippen LogP contribution in [-0.2, 0) is 0 Å². The van der Waals surface area contributed by atoms with Crippen LogP contribution < -0.4 is 16.0 Å². The molecule has 1 atom stereocenters. The third-order valence-electron chi connectivity index (χ3n) is 3.91. The quantitative estimate of drug-likeness (QED) is 0.673. The topological polar surface area (TPSA) is 86.4 Å². The summed E-state index contributed by atoms with van der Waals surface area (Å²) in [5.41, 5.74) is 0.210. The van der Waals surface area contributed by atoms with Gasteiger partial charge in [-0.15, -0.1) is 12.4 Å². The van der Waals surface area contributed by atoms with Gasteiger partial charge in [-0.2, -0.15) is 13.2 Å². The van der Waals surface area contributed by atoms with E-state index in [-0.39, 0.29) is 36.8 Å². The number of carbonyl (C=O) groups is 2. The van der Waals surface area contributed by atoms with Crippen molar-refractivity contribution in [3.8, 4) is 0 Å². The van der Waals surface area contributed by atoms with Crippen LogP contribution in [0.1, 0.15) is 20.8 Å². The zero-order chi connectivity index (χ0) is 18.4. The molecule has 0 saturated carbocycles. The Morgan fingerprint density at radius 3 is 2.42 bits per heavy atom. The number of rotatable bonds is 5. The number of carbonyl (C=O) groups excluding carboxylic acids is 2. The van der Waals surface area contributed by atoms with Gasteiger partial charge in [0.05, 0.1) is 5.56 Å². The van der Waals surface area contributed by atoms with Crippen LogP contribution >= 0.6 is 12.4 Å². The maximum atomic E-state index is 13.3. The minimum Gasteiger partial charge on any atom is -0.354 e. The predicted molar refractivity (Wildman–Crippen MR) is 91.5 cm³/mol. The number of piperazine rings is 1. The summed E-state index contributed by atoms with van der Waals surface area (Å²) < 4.78 is 39.8. The Bertz CT molecular complexity index is 606. The number of nitrogens with zero attached hydrogens (tertiary/aromatic N) is 2. The molecule has 1 aliphatic heterocycles. The number of nitrogens with one attached hydrogen (secondary N) is 3. The van der Waals surface area contributed by atoms with Gasteiger partial charge in [0.15, 0.2) is 0 Å². The summed E-state index contributed by atoms with van der Waals surface area (Å²) in [5, 5.41) is 7.68. The molecule has 146 valence electrons. The normalized spacial score (nSPS) is 16.3. The van der Waals surface area contributed by atoms with Crippen LogP contribution in [0.2, 0.25) is 0 Å². The van der Waals surface area contributed by atoms with E-state index in [0.717, 1.165) is 6.20 Å². The molecule has 0 aromatic carbocycles. The molecule has 0 bridgehead atoms. The second-order valence-corrected chi connectivity index (χ2v) is 5.56. The monoisotopic (exact) mass is 395 g/mol. The van der Waals surface area contributed by atoms with Crippen molar-refractivity contribution in [1.82, 2.24) is 25.8 Å². The molecule has 2 heterocycles. The van der Waals surface area contributed by atoms with Crippen LogP contribution in [0.25, 0.3) is 0 Å². The van der Waals surface area contributed by atoms with E-state index < -0.39 is 30.6 Å². The van der Waals surface area contributed by atoms with Gasteiger partial charge in [-0.05, 0) is 12.1 Å². The Labute approximate surface area is 155 Å². The highest BCUT2D eigenvalue weighted by Crippen LogP contribution is 2.24. The maximum absolute atomic E-state index is 13.3. The van der Waals surface area contributed by atoms with Gasteiger partial charge in [-0.3, -0.25) is 19.5 Å². The first-order valence-corrected chi connectivity index (χ1v) is 7.80. The average molecular weight is 396 g/mol. The Kier molecular flexibility index (Phi) is 8.25. The van der Waals surface area contributed by atoms with Crippen molar-refractivity contribution in [2.24, 2.45) is 0 Å². The molecule has 1 aromatic heterocycles. The van der Waals surface area contributed by atoms with E-state index >= 15 is 0 Å². The van der Waals surface area contributed by atoms with Gasteiger partial charge in [-0.1, -0.05) is 0 Å². The van der Waals surface area contributed by atoms with Crippen molar-refractivity contribution in [2.75, 3.05) is 39.8 Å². The predicted octanol–water partition coefficient (Wildman–Crippen LogP) is 0.429. The summed E-state index contributed by atoms with van der Waals surface area (Å²) >= 11 is 0. The molecule has 0 aliphatic carbocycles. The summed E-state index contributed by atoms with van der Waals surface area (Å²) in [7, 11) is 1.44. The van der Waals surface area contributed by atoms with Crippen LogP contribution in [0.3, 0.4) is 0 Å². The zero-order valence-corrected chi connectivity index (χ0v) is 14.9. The van der Waals surface area contributed by atoms with E-state index in [4.69, 9.17) is 0 Å². The number of aromatic nitrogens is 1. The van der Waals surface area contributed by atoms with Gasteiger partial charge < -0.3 is 16.0 Å². The van der Waals surface area contributed by atoms with Crippen molar-refractivity contribution < 1.29 is 22.8 Å². The third-order valence-corrected chi connectivity index (χ3v) is 3.91. The fourth-order valence-corrected chi connectivity index (χ4v) is 2.53. The molecule has 2 rings (SSSR count). The van der Waals surface area contributed by atoms with E-state index in [0.29, 0.717) is 13.1 Å². The molecule has 1 saturated heterocycles. The number of amides is 2. The van der Waals surface area contributed by atoms with E-state index in [2.05, 4.69) is 20.9 Å². The Morgan fingerprint density at radius 2 is 1.92 bits per heavy atom. The first kappa shape index (κ1) is 22.1. The number of hydrogen-bond acceptors (Lipinski definition) is 5. The lowest BCUT2D eigenvalue weighted by Gasteiger charge is -2.35. The summed E-state index contributed by atoms with van der Waals surface area (Å²) in [6, 6.07) is 0.947. The first-order chi connectivity index (χ1) is 11.8. The Hall–Kier alpha value is -1.91. The molecule has 7 nitrogen and oxygen atoms in total. The molecular weight excluding hydrogens is 375 g/mol. The maximum Gasteiger partial charge on any atom is 0.405 e. The van der Waals surface area contributed by atoms with E-state index in [1.54, 1.807) is 0 Å². The van der Waals surface area contributed by atoms with Crippen LogP contribution in [0.4, 0.5) is 13.2 Å². The molecule has 11 heteroatoms. The SMILES string of the molecule is CNC(=O)c1ccc(C(=O)NCC(N2CCNCC2)C(F)(F)F)cn1.Cl. The molecule has 1 aromatic rings. The minimum atomic E-state index is -4.44. The summed E-state index contributed by atoms with van der Waals surface area (Å²) in [5.74, 6) is -1.08. The molecule has 1 fully saturated rings. The Morgan fingerprint density at radius 1 is 1.27 bits per heavy atom. The highest BCUT2D eigenvalue weighted by Gasteiger charge is 2.43. The van der Waals surface area contributed by atoms with Crippen molar-refractivity contribution in [2.45, 2.75) is 12.2 Å². The highest BCUT2D eigenvalue weighted by atomic mass is 35.5. The average Bonchev–Trinajstić information content (AvgIpc) is 2.61. The van der Waals surface area contributed by atoms with Crippen molar-refractivity contribution >= 4 is 24.2 Å². The summed E-state index contributed by atoms with van der Waals surface area (Å²) in [4.78, 5) is 28.6. The fraction of sp³-hybridized carbons (Fsp3) is 0.533. The van der Waals surface area contributed by atoms with Gasteiger partial charge in [0.2, 0.25) is 0 Å². The van der Waals surface area contributed by atoms with Crippen molar-refractivity contribution in [3.05, 3.63) is 29.6 Å². The van der Waals surface area contributed by atoms with Crippen molar-refractivity contribution in [1.29, 1.82) is 0 Å². The highest BCUT2D eigenvalue weighted by molar-refractivity contribution is 5.96. The van der Waals surface area contributed by atoms with Crippen LogP contribution in [0.15, 0.2) is 18.3 Å². The molecule has 26 heavy (non-hydrogen) atoms. The first-order valence-electron chi connectivity index (χ1n) is 7.80. The third kappa shape index (κ3) is 5.82.